The molecule has 0 aliphatic heterocycles. The van der Waals surface area contributed by atoms with Crippen LogP contribution in [0.15, 0.2) is 27.4 Å². The molecule has 1 N–H and O–H groups in total. The summed E-state index contributed by atoms with van der Waals surface area (Å²) >= 11 is 1.13. The predicted octanol–water partition coefficient (Wildman–Crippen LogP) is 1.78. The van der Waals surface area contributed by atoms with Crippen LogP contribution < -0.4 is 4.94 Å². The van der Waals surface area contributed by atoms with Crippen LogP contribution in [0.25, 0.3) is 10.3 Å². The number of aliphatic hydroxyl groups is 1. The highest BCUT2D eigenvalue weighted by Crippen LogP contribution is 2.22. The fourth-order valence-corrected chi connectivity index (χ4v) is 2.23. The minimum absolute atomic E-state index is 0.170. The van der Waals surface area contributed by atoms with Gasteiger partial charge in [-0.05, 0) is 24.5 Å². The lowest BCUT2D eigenvalue weighted by molar-refractivity contribution is 0.289. The van der Waals surface area contributed by atoms with Gasteiger partial charge in [-0.1, -0.05) is 23.5 Å². The molecule has 14 heavy (non-hydrogen) atoms. The molecule has 0 saturated carbocycles. The first-order valence-electron chi connectivity index (χ1n) is 4.43. The summed E-state index contributed by atoms with van der Waals surface area (Å²) in [5, 5.41) is 8.72. The van der Waals surface area contributed by atoms with Gasteiger partial charge in [0, 0.05) is 6.61 Å². The van der Waals surface area contributed by atoms with E-state index in [-0.39, 0.29) is 11.5 Å². The molecule has 3 nitrogen and oxygen atoms in total. The van der Waals surface area contributed by atoms with Crippen LogP contribution in [0.3, 0.4) is 0 Å². The molecule has 0 atom stereocenters. The molecule has 0 aliphatic rings. The van der Waals surface area contributed by atoms with Crippen molar-refractivity contribution in [2.75, 3.05) is 6.61 Å². The predicted molar refractivity (Wildman–Crippen MR) is 55.8 cm³/mol. The Hall–Kier alpha value is -1.13. The fraction of sp³-hybridized carbons (Fsp3) is 0.300. The molecule has 2 aromatic rings. The van der Waals surface area contributed by atoms with Gasteiger partial charge in [0.2, 0.25) is 0 Å². The lowest BCUT2D eigenvalue weighted by Crippen LogP contribution is -1.88. The smallest absolute Gasteiger partial charge is 0.396 e. The Labute approximate surface area is 84.6 Å². The molecule has 1 aromatic carbocycles. The molecule has 0 aliphatic carbocycles. The van der Waals surface area contributed by atoms with Gasteiger partial charge in [-0.15, -0.1) is 0 Å². The average Bonchev–Trinajstić information content (AvgIpc) is 2.55. The van der Waals surface area contributed by atoms with Crippen LogP contribution in [0.2, 0.25) is 0 Å². The molecular formula is C10H10O3S. The van der Waals surface area contributed by atoms with Gasteiger partial charge in [-0.3, -0.25) is 0 Å². The van der Waals surface area contributed by atoms with Crippen molar-refractivity contribution >= 4 is 21.6 Å². The quantitative estimate of drug-likeness (QED) is 0.840. The van der Waals surface area contributed by atoms with Crippen molar-refractivity contribution in [2.24, 2.45) is 0 Å². The van der Waals surface area contributed by atoms with E-state index in [0.29, 0.717) is 12.0 Å². The first-order valence-corrected chi connectivity index (χ1v) is 5.25. The third-order valence-electron chi connectivity index (χ3n) is 2.04. The summed E-state index contributed by atoms with van der Waals surface area (Å²) in [4.78, 5) is 10.8. The third-order valence-corrected chi connectivity index (χ3v) is 2.96. The van der Waals surface area contributed by atoms with Crippen molar-refractivity contribution in [2.45, 2.75) is 12.8 Å². The Balaban J connectivity index is 2.47. The molecule has 2 rings (SSSR count). The van der Waals surface area contributed by atoms with Crippen molar-refractivity contribution in [3.05, 3.63) is 33.5 Å². The molecule has 0 fully saturated rings. The Morgan fingerprint density at radius 3 is 3.07 bits per heavy atom. The molecule has 0 saturated heterocycles. The Morgan fingerprint density at radius 1 is 1.43 bits per heavy atom. The minimum atomic E-state index is -0.267. The zero-order chi connectivity index (χ0) is 9.97. The van der Waals surface area contributed by atoms with E-state index in [9.17, 15) is 4.79 Å². The highest BCUT2D eigenvalue weighted by atomic mass is 32.1. The van der Waals surface area contributed by atoms with Crippen LogP contribution in [0.1, 0.15) is 12.0 Å². The second-order valence-electron chi connectivity index (χ2n) is 3.03. The van der Waals surface area contributed by atoms with Crippen molar-refractivity contribution < 1.29 is 9.52 Å². The summed E-state index contributed by atoms with van der Waals surface area (Å²) in [5.41, 5.74) is 1.72. The highest BCUT2D eigenvalue weighted by Gasteiger charge is 2.06. The van der Waals surface area contributed by atoms with E-state index in [1.165, 1.54) is 0 Å². The molecule has 0 amide bonds. The van der Waals surface area contributed by atoms with Gasteiger partial charge in [0.15, 0.2) is 0 Å². The topological polar surface area (TPSA) is 50.4 Å². The molecular weight excluding hydrogens is 200 g/mol. The van der Waals surface area contributed by atoms with E-state index in [4.69, 9.17) is 9.52 Å². The van der Waals surface area contributed by atoms with Gasteiger partial charge in [0.1, 0.15) is 5.58 Å². The molecule has 74 valence electrons. The van der Waals surface area contributed by atoms with Crippen molar-refractivity contribution in [3.63, 3.8) is 0 Å². The van der Waals surface area contributed by atoms with Gasteiger partial charge in [0.05, 0.1) is 4.70 Å². The van der Waals surface area contributed by atoms with Crippen LogP contribution >= 0.6 is 11.3 Å². The van der Waals surface area contributed by atoms with Crippen molar-refractivity contribution in [3.8, 4) is 0 Å². The summed E-state index contributed by atoms with van der Waals surface area (Å²) in [6, 6.07) is 5.61. The van der Waals surface area contributed by atoms with Gasteiger partial charge in [0.25, 0.3) is 0 Å². The number of benzene rings is 1. The lowest BCUT2D eigenvalue weighted by atomic mass is 10.1. The summed E-state index contributed by atoms with van der Waals surface area (Å²) in [6.45, 7) is 0.170. The van der Waals surface area contributed by atoms with Crippen LogP contribution in [0, 0.1) is 0 Å². The summed E-state index contributed by atoms with van der Waals surface area (Å²) in [6.07, 6.45) is 1.49. The molecule has 1 heterocycles. The Kier molecular flexibility index (Phi) is 2.65. The second-order valence-corrected chi connectivity index (χ2v) is 3.97. The van der Waals surface area contributed by atoms with Gasteiger partial charge < -0.3 is 9.52 Å². The number of aryl methyl sites for hydroxylation is 1. The first-order chi connectivity index (χ1) is 6.81. The van der Waals surface area contributed by atoms with Crippen LogP contribution in [-0.4, -0.2) is 11.7 Å². The molecule has 4 heteroatoms. The lowest BCUT2D eigenvalue weighted by Gasteiger charge is -1.98. The average molecular weight is 210 g/mol. The van der Waals surface area contributed by atoms with Crippen LogP contribution in [0.4, 0.5) is 0 Å². The van der Waals surface area contributed by atoms with Crippen LogP contribution in [-0.2, 0) is 6.42 Å². The van der Waals surface area contributed by atoms with Crippen LogP contribution in [0.5, 0.6) is 0 Å². The number of rotatable bonds is 3. The van der Waals surface area contributed by atoms with E-state index in [1.54, 1.807) is 6.07 Å². The fourth-order valence-electron chi connectivity index (χ4n) is 1.42. The van der Waals surface area contributed by atoms with Crippen molar-refractivity contribution in [1.82, 2.24) is 0 Å². The maximum Gasteiger partial charge on any atom is 0.396 e. The maximum absolute atomic E-state index is 11.0. The second kappa shape index (κ2) is 3.94. The first kappa shape index (κ1) is 9.43. The largest absolute Gasteiger partial charge is 0.414 e. The molecule has 1 aromatic heterocycles. The van der Waals surface area contributed by atoms with Gasteiger partial charge >= 0.3 is 4.94 Å². The van der Waals surface area contributed by atoms with E-state index < -0.39 is 0 Å². The van der Waals surface area contributed by atoms with Gasteiger partial charge in [-0.2, -0.15) is 0 Å². The van der Waals surface area contributed by atoms with E-state index in [1.807, 2.05) is 12.1 Å². The standard InChI is InChI=1S/C10H10O3S/c11-6-2-4-7-3-1-5-8-9(7)14-10(12)13-8/h1,3,5,11H,2,4,6H2. The molecule has 0 spiro atoms. The minimum Gasteiger partial charge on any atom is -0.414 e. The number of fused-ring (bicyclic) bond motifs is 1. The number of hydrogen-bond acceptors (Lipinski definition) is 4. The number of hydrogen-bond donors (Lipinski definition) is 1. The summed E-state index contributed by atoms with van der Waals surface area (Å²) in [5.74, 6) is 0. The Morgan fingerprint density at radius 2 is 2.29 bits per heavy atom. The van der Waals surface area contributed by atoms with Crippen molar-refractivity contribution in [1.29, 1.82) is 0 Å². The molecule has 0 radical (unpaired) electrons. The molecule has 0 unspecified atom stereocenters. The normalized spacial score (nSPS) is 10.9. The van der Waals surface area contributed by atoms with E-state index in [0.717, 1.165) is 28.0 Å². The van der Waals surface area contributed by atoms with E-state index in [2.05, 4.69) is 0 Å². The zero-order valence-corrected chi connectivity index (χ0v) is 8.34. The SMILES string of the molecule is O=c1oc2cccc(CCCO)c2s1. The van der Waals surface area contributed by atoms with E-state index >= 15 is 0 Å². The maximum atomic E-state index is 11.0. The monoisotopic (exact) mass is 210 g/mol. The Bertz CT molecular complexity index is 483. The number of aliphatic hydroxyl groups excluding tert-OH is 1. The molecule has 0 bridgehead atoms. The zero-order valence-electron chi connectivity index (χ0n) is 7.53. The summed E-state index contributed by atoms with van der Waals surface area (Å²) in [7, 11) is 0. The highest BCUT2D eigenvalue weighted by molar-refractivity contribution is 7.16. The third kappa shape index (κ3) is 1.71. The van der Waals surface area contributed by atoms with Gasteiger partial charge in [-0.25, -0.2) is 4.79 Å². The summed E-state index contributed by atoms with van der Waals surface area (Å²) < 4.78 is 5.90.